The van der Waals surface area contributed by atoms with Gasteiger partial charge in [0.1, 0.15) is 6.04 Å². The molecule has 3 aromatic rings. The lowest BCUT2D eigenvalue weighted by molar-refractivity contribution is -0.141. The van der Waals surface area contributed by atoms with Gasteiger partial charge in [-0.05, 0) is 36.6 Å². The molecule has 7 nitrogen and oxygen atoms in total. The number of nitrogens with one attached hydrogen (secondary N) is 1. The highest BCUT2D eigenvalue weighted by Crippen LogP contribution is 2.18. The summed E-state index contributed by atoms with van der Waals surface area (Å²) in [5.74, 6) is -0.440. The lowest BCUT2D eigenvalue weighted by Crippen LogP contribution is -2.49. The summed E-state index contributed by atoms with van der Waals surface area (Å²) in [6.07, 6.45) is 0.820. The van der Waals surface area contributed by atoms with E-state index in [2.05, 4.69) is 5.32 Å². The van der Waals surface area contributed by atoms with Crippen molar-refractivity contribution in [3.05, 3.63) is 102 Å². The van der Waals surface area contributed by atoms with Crippen molar-refractivity contribution in [3.8, 4) is 0 Å². The zero-order chi connectivity index (χ0) is 26.8. The number of carbonyl (C=O) groups excluding carboxylic acids is 2. The molecule has 1 atom stereocenters. The van der Waals surface area contributed by atoms with Gasteiger partial charge in [0.25, 0.3) is 0 Å². The van der Waals surface area contributed by atoms with Crippen molar-refractivity contribution in [2.45, 2.75) is 43.7 Å². The van der Waals surface area contributed by atoms with E-state index in [-0.39, 0.29) is 36.2 Å². The van der Waals surface area contributed by atoms with Crippen LogP contribution in [-0.4, -0.2) is 56.1 Å². The second kappa shape index (κ2) is 13.2. The SMILES string of the molecule is CNC(=O)[C@H](Cc1ccccc1)N(Cc1cccc(C)c1)C(=O)CCCN(C)S(=O)(=O)c1ccccc1. The first-order valence-electron chi connectivity index (χ1n) is 12.3. The largest absolute Gasteiger partial charge is 0.357 e. The maximum atomic E-state index is 13.6. The standard InChI is InChI=1S/C29H35N3O4S/c1-23-12-10-15-25(20-23)22-32(27(29(34)30-2)21-24-13-6-4-7-14-24)28(33)18-11-19-31(3)37(35,36)26-16-8-5-9-17-26/h4-10,12-17,20,27H,11,18-19,21-22H2,1-3H3,(H,30,34)/t27-/m0/s1. The predicted molar refractivity (Wildman–Crippen MR) is 145 cm³/mol. The molecule has 0 aliphatic heterocycles. The van der Waals surface area contributed by atoms with Gasteiger partial charge in [0.2, 0.25) is 21.8 Å². The zero-order valence-corrected chi connectivity index (χ0v) is 22.4. The van der Waals surface area contributed by atoms with Gasteiger partial charge in [-0.2, -0.15) is 0 Å². The quantitative estimate of drug-likeness (QED) is 0.393. The van der Waals surface area contributed by atoms with E-state index in [0.717, 1.165) is 16.7 Å². The molecule has 0 aliphatic rings. The first-order chi connectivity index (χ1) is 17.7. The normalized spacial score (nSPS) is 12.2. The molecule has 0 radical (unpaired) electrons. The van der Waals surface area contributed by atoms with Crippen molar-refractivity contribution in [1.82, 2.24) is 14.5 Å². The van der Waals surface area contributed by atoms with Gasteiger partial charge in [-0.3, -0.25) is 9.59 Å². The van der Waals surface area contributed by atoms with Gasteiger partial charge in [0.15, 0.2) is 0 Å². The van der Waals surface area contributed by atoms with Crippen LogP contribution in [0.25, 0.3) is 0 Å². The van der Waals surface area contributed by atoms with Crippen LogP contribution in [0.5, 0.6) is 0 Å². The summed E-state index contributed by atoms with van der Waals surface area (Å²) in [6, 6.07) is 25.0. The Morgan fingerprint density at radius 3 is 2.14 bits per heavy atom. The summed E-state index contributed by atoms with van der Waals surface area (Å²) < 4.78 is 26.9. The van der Waals surface area contributed by atoms with Gasteiger partial charge in [-0.15, -0.1) is 0 Å². The van der Waals surface area contributed by atoms with E-state index in [0.29, 0.717) is 12.8 Å². The van der Waals surface area contributed by atoms with E-state index in [4.69, 9.17) is 0 Å². The fourth-order valence-electron chi connectivity index (χ4n) is 4.22. The van der Waals surface area contributed by atoms with Crippen LogP contribution in [0.15, 0.2) is 89.8 Å². The Balaban J connectivity index is 1.78. The Bertz CT molecular complexity index is 1280. The van der Waals surface area contributed by atoms with Gasteiger partial charge in [-0.25, -0.2) is 12.7 Å². The Morgan fingerprint density at radius 2 is 1.51 bits per heavy atom. The summed E-state index contributed by atoms with van der Waals surface area (Å²) in [5, 5.41) is 2.71. The van der Waals surface area contributed by atoms with Gasteiger partial charge in [0, 0.05) is 40.0 Å². The van der Waals surface area contributed by atoms with Gasteiger partial charge in [-0.1, -0.05) is 78.4 Å². The molecule has 0 saturated carbocycles. The van der Waals surface area contributed by atoms with E-state index < -0.39 is 16.1 Å². The zero-order valence-electron chi connectivity index (χ0n) is 21.6. The van der Waals surface area contributed by atoms with Crippen LogP contribution in [0.4, 0.5) is 0 Å². The molecule has 0 aliphatic carbocycles. The molecular weight excluding hydrogens is 486 g/mol. The molecule has 0 spiro atoms. The van der Waals surface area contributed by atoms with Crippen molar-refractivity contribution in [1.29, 1.82) is 0 Å². The van der Waals surface area contributed by atoms with Crippen LogP contribution in [0.1, 0.15) is 29.5 Å². The molecule has 0 unspecified atom stereocenters. The second-order valence-corrected chi connectivity index (χ2v) is 11.1. The lowest BCUT2D eigenvalue weighted by Gasteiger charge is -2.31. The summed E-state index contributed by atoms with van der Waals surface area (Å²) in [7, 11) is -0.558. The van der Waals surface area contributed by atoms with Crippen LogP contribution in [0.2, 0.25) is 0 Å². The molecule has 0 heterocycles. The minimum absolute atomic E-state index is 0.114. The highest BCUT2D eigenvalue weighted by atomic mass is 32.2. The van der Waals surface area contributed by atoms with E-state index in [1.165, 1.54) is 11.4 Å². The Labute approximate surface area is 220 Å². The highest BCUT2D eigenvalue weighted by Gasteiger charge is 2.30. The maximum Gasteiger partial charge on any atom is 0.242 e. The van der Waals surface area contributed by atoms with E-state index in [9.17, 15) is 18.0 Å². The Hall–Kier alpha value is -3.49. The van der Waals surface area contributed by atoms with E-state index in [1.54, 1.807) is 42.3 Å². The number of carbonyl (C=O) groups is 2. The first kappa shape index (κ1) is 28.1. The van der Waals surface area contributed by atoms with Crippen molar-refractivity contribution in [3.63, 3.8) is 0 Å². The molecule has 0 bridgehead atoms. The molecule has 2 amide bonds. The second-order valence-electron chi connectivity index (χ2n) is 9.07. The van der Waals surface area contributed by atoms with Gasteiger partial charge in [0.05, 0.1) is 4.90 Å². The van der Waals surface area contributed by atoms with E-state index in [1.807, 2.05) is 61.5 Å². The molecule has 0 saturated heterocycles. The fourth-order valence-corrected chi connectivity index (χ4v) is 5.45. The number of aryl methyl sites for hydroxylation is 1. The first-order valence-corrected chi connectivity index (χ1v) is 13.8. The Morgan fingerprint density at radius 1 is 0.892 bits per heavy atom. The molecule has 196 valence electrons. The topological polar surface area (TPSA) is 86.8 Å². The Kier molecular flexibility index (Phi) is 10.00. The summed E-state index contributed by atoms with van der Waals surface area (Å²) >= 11 is 0. The lowest BCUT2D eigenvalue weighted by atomic mass is 10.0. The average Bonchev–Trinajstić information content (AvgIpc) is 2.91. The summed E-state index contributed by atoms with van der Waals surface area (Å²) in [5.41, 5.74) is 2.95. The number of sulfonamides is 1. The number of likely N-dealkylation sites (N-methyl/N-ethyl adjacent to an activating group) is 1. The summed E-state index contributed by atoms with van der Waals surface area (Å²) in [6.45, 7) is 2.45. The molecule has 3 aromatic carbocycles. The molecule has 0 fully saturated rings. The third-order valence-corrected chi connectivity index (χ3v) is 8.14. The minimum Gasteiger partial charge on any atom is -0.357 e. The van der Waals surface area contributed by atoms with Crippen LogP contribution in [0.3, 0.4) is 0 Å². The number of hydrogen-bond acceptors (Lipinski definition) is 4. The maximum absolute atomic E-state index is 13.6. The molecule has 8 heteroatoms. The number of hydrogen-bond donors (Lipinski definition) is 1. The predicted octanol–water partition coefficient (Wildman–Crippen LogP) is 3.78. The van der Waals surface area contributed by atoms with Crippen LogP contribution in [-0.2, 0) is 32.6 Å². The van der Waals surface area contributed by atoms with Crippen molar-refractivity contribution >= 4 is 21.8 Å². The van der Waals surface area contributed by atoms with E-state index >= 15 is 0 Å². The van der Waals surface area contributed by atoms with Crippen LogP contribution in [0, 0.1) is 6.92 Å². The van der Waals surface area contributed by atoms with Crippen LogP contribution >= 0.6 is 0 Å². The number of nitrogens with zero attached hydrogens (tertiary/aromatic N) is 2. The fraction of sp³-hybridized carbons (Fsp3) is 0.310. The van der Waals surface area contributed by atoms with Crippen LogP contribution < -0.4 is 5.32 Å². The molecule has 3 rings (SSSR count). The highest BCUT2D eigenvalue weighted by molar-refractivity contribution is 7.89. The third kappa shape index (κ3) is 7.74. The number of benzene rings is 3. The van der Waals surface area contributed by atoms with Crippen molar-refractivity contribution < 1.29 is 18.0 Å². The average molecular weight is 522 g/mol. The van der Waals surface area contributed by atoms with Crippen molar-refractivity contribution in [2.24, 2.45) is 0 Å². The molecule has 37 heavy (non-hydrogen) atoms. The molecule has 1 N–H and O–H groups in total. The smallest absolute Gasteiger partial charge is 0.242 e. The monoisotopic (exact) mass is 521 g/mol. The number of rotatable bonds is 12. The van der Waals surface area contributed by atoms with Crippen molar-refractivity contribution in [2.75, 3.05) is 20.6 Å². The molecular formula is C29H35N3O4S. The number of amides is 2. The summed E-state index contributed by atoms with van der Waals surface area (Å²) in [4.78, 5) is 28.4. The third-order valence-electron chi connectivity index (χ3n) is 6.27. The minimum atomic E-state index is -3.64. The van der Waals surface area contributed by atoms with Gasteiger partial charge < -0.3 is 10.2 Å². The molecule has 0 aromatic heterocycles. The van der Waals surface area contributed by atoms with Gasteiger partial charge >= 0.3 is 0 Å².